The lowest BCUT2D eigenvalue weighted by Crippen LogP contribution is -2.04. The molecule has 0 saturated heterocycles. The monoisotopic (exact) mass is 292 g/mol. The Hall–Kier alpha value is -2.68. The van der Waals surface area contributed by atoms with Crippen LogP contribution in [-0.2, 0) is 6.54 Å². The molecule has 0 aliphatic heterocycles. The van der Waals surface area contributed by atoms with E-state index in [9.17, 15) is 13.2 Å². The highest BCUT2D eigenvalue weighted by molar-refractivity contribution is 5.48. The molecule has 0 bridgehead atoms. The lowest BCUT2D eigenvalue weighted by Gasteiger charge is -2.11. The molecule has 0 aliphatic rings. The smallest absolute Gasteiger partial charge is 0.194 e. The number of nitriles is 1. The molecule has 6 heteroatoms. The van der Waals surface area contributed by atoms with Gasteiger partial charge in [0.2, 0.25) is 0 Å². The maximum Gasteiger partial charge on any atom is 0.194 e. The van der Waals surface area contributed by atoms with Crippen molar-refractivity contribution in [2.75, 3.05) is 12.4 Å². The third kappa shape index (κ3) is 3.26. The van der Waals surface area contributed by atoms with Crippen LogP contribution in [0.25, 0.3) is 0 Å². The summed E-state index contributed by atoms with van der Waals surface area (Å²) in [7, 11) is 1.47. The van der Waals surface area contributed by atoms with Gasteiger partial charge in [0, 0.05) is 29.9 Å². The van der Waals surface area contributed by atoms with Gasteiger partial charge >= 0.3 is 0 Å². The fourth-order valence-electron chi connectivity index (χ4n) is 1.84. The summed E-state index contributed by atoms with van der Waals surface area (Å²) in [4.78, 5) is 0. The second-order valence-electron chi connectivity index (χ2n) is 4.25. The highest BCUT2D eigenvalue weighted by atomic mass is 19.2. The average molecular weight is 292 g/mol. The van der Waals surface area contributed by atoms with E-state index in [2.05, 4.69) is 5.32 Å². The normalized spacial score (nSPS) is 10.0. The molecule has 1 N–H and O–H groups in total. The lowest BCUT2D eigenvalue weighted by atomic mass is 10.1. The molecule has 0 heterocycles. The van der Waals surface area contributed by atoms with Gasteiger partial charge in [-0.2, -0.15) is 5.26 Å². The summed E-state index contributed by atoms with van der Waals surface area (Å²) >= 11 is 0. The zero-order valence-electron chi connectivity index (χ0n) is 11.1. The van der Waals surface area contributed by atoms with E-state index < -0.39 is 17.5 Å². The van der Waals surface area contributed by atoms with E-state index in [1.54, 1.807) is 18.2 Å². The number of methoxy groups -OCH3 is 1. The van der Waals surface area contributed by atoms with Gasteiger partial charge in [-0.1, -0.05) is 0 Å². The highest BCUT2D eigenvalue weighted by Crippen LogP contribution is 2.22. The summed E-state index contributed by atoms with van der Waals surface area (Å²) in [6, 6.07) is 8.53. The SMILES string of the molecule is COc1ccc(C#N)cc1CNc1cc(F)c(F)c(F)c1. The van der Waals surface area contributed by atoms with Crippen molar-refractivity contribution >= 4 is 5.69 Å². The maximum absolute atomic E-state index is 13.1. The molecule has 0 spiro atoms. The highest BCUT2D eigenvalue weighted by Gasteiger charge is 2.11. The Morgan fingerprint density at radius 3 is 2.38 bits per heavy atom. The van der Waals surface area contributed by atoms with E-state index in [1.807, 2.05) is 6.07 Å². The van der Waals surface area contributed by atoms with E-state index in [4.69, 9.17) is 10.00 Å². The molecule has 0 aromatic heterocycles. The molecule has 21 heavy (non-hydrogen) atoms. The van der Waals surface area contributed by atoms with Crippen molar-refractivity contribution in [3.8, 4) is 11.8 Å². The summed E-state index contributed by atoms with van der Waals surface area (Å²) in [5.41, 5.74) is 1.17. The number of nitrogens with zero attached hydrogens (tertiary/aromatic N) is 1. The predicted octanol–water partition coefficient (Wildman–Crippen LogP) is 3.60. The Balaban J connectivity index is 2.22. The van der Waals surface area contributed by atoms with E-state index in [0.717, 1.165) is 12.1 Å². The van der Waals surface area contributed by atoms with Gasteiger partial charge in [-0.3, -0.25) is 0 Å². The molecule has 3 nitrogen and oxygen atoms in total. The van der Waals surface area contributed by atoms with Crippen molar-refractivity contribution in [2.45, 2.75) is 6.54 Å². The first-order valence-corrected chi connectivity index (χ1v) is 6.00. The van der Waals surface area contributed by atoms with E-state index >= 15 is 0 Å². The summed E-state index contributed by atoms with van der Waals surface area (Å²) in [5, 5.41) is 11.6. The van der Waals surface area contributed by atoms with Crippen molar-refractivity contribution in [1.29, 1.82) is 5.26 Å². The minimum atomic E-state index is -1.51. The van der Waals surface area contributed by atoms with Crippen LogP contribution in [-0.4, -0.2) is 7.11 Å². The molecule has 0 fully saturated rings. The Labute approximate surface area is 119 Å². The van der Waals surface area contributed by atoms with Crippen LogP contribution < -0.4 is 10.1 Å². The zero-order valence-corrected chi connectivity index (χ0v) is 11.1. The number of rotatable bonds is 4. The molecule has 2 aromatic carbocycles. The minimum absolute atomic E-state index is 0.0933. The molecule has 0 radical (unpaired) electrons. The van der Waals surface area contributed by atoms with Crippen molar-refractivity contribution in [3.05, 3.63) is 58.9 Å². The maximum atomic E-state index is 13.1. The van der Waals surface area contributed by atoms with Gasteiger partial charge in [0.25, 0.3) is 0 Å². The summed E-state index contributed by atoms with van der Waals surface area (Å²) in [6.45, 7) is 0.170. The number of hydrogen-bond acceptors (Lipinski definition) is 3. The van der Waals surface area contributed by atoms with Crippen LogP contribution in [0, 0.1) is 28.8 Å². The van der Waals surface area contributed by atoms with Crippen molar-refractivity contribution in [3.63, 3.8) is 0 Å². The molecule has 2 aromatic rings. The van der Waals surface area contributed by atoms with Gasteiger partial charge < -0.3 is 10.1 Å². The fourth-order valence-corrected chi connectivity index (χ4v) is 1.84. The second kappa shape index (κ2) is 6.18. The topological polar surface area (TPSA) is 45.0 Å². The molecule has 108 valence electrons. The average Bonchev–Trinajstić information content (AvgIpc) is 2.50. The zero-order chi connectivity index (χ0) is 15.4. The number of anilines is 1. The minimum Gasteiger partial charge on any atom is -0.496 e. The van der Waals surface area contributed by atoms with Crippen LogP contribution in [0.1, 0.15) is 11.1 Å². The van der Waals surface area contributed by atoms with E-state index in [-0.39, 0.29) is 12.2 Å². The Morgan fingerprint density at radius 2 is 1.81 bits per heavy atom. The van der Waals surface area contributed by atoms with Crippen molar-refractivity contribution in [1.82, 2.24) is 0 Å². The molecule has 0 saturated carbocycles. The summed E-state index contributed by atoms with van der Waals surface area (Å²) in [6.07, 6.45) is 0. The first-order chi connectivity index (χ1) is 10.0. The molecule has 0 unspecified atom stereocenters. The standard InChI is InChI=1S/C15H11F3N2O/c1-21-14-3-2-9(7-19)4-10(14)8-20-11-5-12(16)15(18)13(17)6-11/h2-6,20H,8H2,1H3. The predicted molar refractivity (Wildman–Crippen MR) is 71.4 cm³/mol. The third-order valence-electron chi connectivity index (χ3n) is 2.88. The van der Waals surface area contributed by atoms with Gasteiger partial charge in [0.1, 0.15) is 5.75 Å². The van der Waals surface area contributed by atoms with Crippen LogP contribution in [0.2, 0.25) is 0 Å². The van der Waals surface area contributed by atoms with Crippen LogP contribution in [0.3, 0.4) is 0 Å². The number of hydrogen-bond donors (Lipinski definition) is 1. The Bertz CT molecular complexity index is 688. The molecular weight excluding hydrogens is 281 g/mol. The summed E-state index contributed by atoms with van der Waals surface area (Å²) < 4.78 is 44.2. The number of nitrogens with one attached hydrogen (secondary N) is 1. The van der Waals surface area contributed by atoms with E-state index in [1.165, 1.54) is 7.11 Å². The number of halogens is 3. The summed E-state index contributed by atoms with van der Waals surface area (Å²) in [5.74, 6) is -3.51. The second-order valence-corrected chi connectivity index (χ2v) is 4.25. The largest absolute Gasteiger partial charge is 0.496 e. The third-order valence-corrected chi connectivity index (χ3v) is 2.88. The first kappa shape index (κ1) is 14.7. The van der Waals surface area contributed by atoms with Crippen molar-refractivity contribution < 1.29 is 17.9 Å². The molecule has 0 atom stereocenters. The fraction of sp³-hybridized carbons (Fsp3) is 0.133. The van der Waals surface area contributed by atoms with Crippen molar-refractivity contribution in [2.24, 2.45) is 0 Å². The first-order valence-electron chi connectivity index (χ1n) is 6.00. The van der Waals surface area contributed by atoms with Gasteiger partial charge in [-0.25, -0.2) is 13.2 Å². The molecule has 0 amide bonds. The van der Waals surface area contributed by atoms with Gasteiger partial charge in [-0.15, -0.1) is 0 Å². The van der Waals surface area contributed by atoms with Crippen LogP contribution in [0.4, 0.5) is 18.9 Å². The van der Waals surface area contributed by atoms with Crippen LogP contribution in [0.15, 0.2) is 30.3 Å². The Morgan fingerprint density at radius 1 is 1.14 bits per heavy atom. The van der Waals surface area contributed by atoms with Gasteiger partial charge in [-0.05, 0) is 18.2 Å². The van der Waals surface area contributed by atoms with E-state index in [0.29, 0.717) is 16.9 Å². The van der Waals surface area contributed by atoms with Crippen LogP contribution in [0.5, 0.6) is 5.75 Å². The quantitative estimate of drug-likeness (QED) is 0.876. The Kier molecular flexibility index (Phi) is 4.33. The molecule has 2 rings (SSSR count). The van der Waals surface area contributed by atoms with Gasteiger partial charge in [0.05, 0.1) is 18.7 Å². The van der Waals surface area contributed by atoms with Gasteiger partial charge in [0.15, 0.2) is 17.5 Å². The lowest BCUT2D eigenvalue weighted by molar-refractivity contribution is 0.410. The molecule has 0 aliphatic carbocycles. The van der Waals surface area contributed by atoms with Crippen LogP contribution >= 0.6 is 0 Å². The number of ether oxygens (including phenoxy) is 1. The number of benzene rings is 2. The molecular formula is C15H11F3N2O.